The largest absolute Gasteiger partial charge is 0.373 e. The number of pyridine rings is 2. The molecule has 0 radical (unpaired) electrons. The summed E-state index contributed by atoms with van der Waals surface area (Å²) in [7, 11) is 1.86. The van der Waals surface area contributed by atoms with E-state index >= 15 is 0 Å². The van der Waals surface area contributed by atoms with Crippen LogP contribution in [0.5, 0.6) is 0 Å². The van der Waals surface area contributed by atoms with Crippen molar-refractivity contribution in [2.45, 2.75) is 38.9 Å². The Morgan fingerprint density at radius 2 is 1.91 bits per heavy atom. The standard InChI is InChI=1S/C25H31N9/c1-15-12-34(13-16(2)31-15)22-7-5-6-20(33-22)17(3)32-25-23-19(11-28-24(23)29-14-30-25)18-8-9-27-21(10-18)26-4/h5-11,14-17,31H,12-13H2,1-4H3,(H,26,27)(H2,28,29,30,32)/t15-,16+,17?. The molecule has 1 fully saturated rings. The summed E-state index contributed by atoms with van der Waals surface area (Å²) in [5.41, 5.74) is 3.82. The van der Waals surface area contributed by atoms with Gasteiger partial charge in [0.25, 0.3) is 0 Å². The normalized spacial score (nSPS) is 19.2. The van der Waals surface area contributed by atoms with Gasteiger partial charge in [0.2, 0.25) is 0 Å². The molecule has 1 aliphatic heterocycles. The summed E-state index contributed by atoms with van der Waals surface area (Å²) in [4.78, 5) is 24.0. The number of hydrogen-bond acceptors (Lipinski definition) is 8. The van der Waals surface area contributed by atoms with Gasteiger partial charge in [0.05, 0.1) is 17.1 Å². The van der Waals surface area contributed by atoms with Gasteiger partial charge < -0.3 is 25.8 Å². The first-order valence-electron chi connectivity index (χ1n) is 11.7. The van der Waals surface area contributed by atoms with Crippen LogP contribution in [-0.2, 0) is 0 Å². The first kappa shape index (κ1) is 22.1. The third-order valence-electron chi connectivity index (χ3n) is 6.23. The molecule has 9 nitrogen and oxygen atoms in total. The molecule has 0 aliphatic carbocycles. The quantitative estimate of drug-likeness (QED) is 0.346. The minimum atomic E-state index is -0.0381. The smallest absolute Gasteiger partial charge is 0.143 e. The zero-order valence-corrected chi connectivity index (χ0v) is 20.0. The highest BCUT2D eigenvalue weighted by molar-refractivity contribution is 6.01. The topological polar surface area (TPSA) is 107 Å². The van der Waals surface area contributed by atoms with E-state index in [0.717, 1.165) is 58.4 Å². The Labute approximate surface area is 199 Å². The average molecular weight is 458 g/mol. The van der Waals surface area contributed by atoms with Crippen LogP contribution in [-0.4, -0.2) is 57.1 Å². The number of hydrogen-bond donors (Lipinski definition) is 4. The van der Waals surface area contributed by atoms with Crippen molar-refractivity contribution in [1.29, 1.82) is 0 Å². The molecule has 1 saturated heterocycles. The van der Waals surface area contributed by atoms with Crippen molar-refractivity contribution >= 4 is 28.5 Å². The minimum absolute atomic E-state index is 0.0381. The second-order valence-electron chi connectivity index (χ2n) is 8.99. The van der Waals surface area contributed by atoms with E-state index in [4.69, 9.17) is 4.98 Å². The molecule has 1 unspecified atom stereocenters. The number of H-pyrrole nitrogens is 1. The lowest BCUT2D eigenvalue weighted by molar-refractivity contribution is 0.405. The number of fused-ring (bicyclic) bond motifs is 1. The van der Waals surface area contributed by atoms with Crippen molar-refractivity contribution < 1.29 is 0 Å². The maximum absolute atomic E-state index is 5.00. The van der Waals surface area contributed by atoms with E-state index in [-0.39, 0.29) is 6.04 Å². The van der Waals surface area contributed by atoms with Gasteiger partial charge in [0, 0.05) is 50.2 Å². The van der Waals surface area contributed by atoms with E-state index in [1.807, 2.05) is 25.4 Å². The van der Waals surface area contributed by atoms with E-state index in [1.54, 1.807) is 12.5 Å². The summed E-state index contributed by atoms with van der Waals surface area (Å²) in [5.74, 6) is 2.59. The van der Waals surface area contributed by atoms with Gasteiger partial charge in [-0.15, -0.1) is 0 Å². The fourth-order valence-electron chi connectivity index (χ4n) is 4.68. The molecule has 1 aliphatic rings. The molecule has 0 saturated carbocycles. The Kier molecular flexibility index (Phi) is 6.02. The molecule has 4 aromatic heterocycles. The number of rotatable bonds is 6. The highest BCUT2D eigenvalue weighted by atomic mass is 15.3. The van der Waals surface area contributed by atoms with Crippen molar-refractivity contribution in [1.82, 2.24) is 30.2 Å². The third kappa shape index (κ3) is 4.38. The number of piperazine rings is 1. The second-order valence-corrected chi connectivity index (χ2v) is 8.99. The van der Waals surface area contributed by atoms with E-state index < -0.39 is 0 Å². The Hall–Kier alpha value is -3.72. The number of aromatic nitrogens is 5. The molecular formula is C25H31N9. The summed E-state index contributed by atoms with van der Waals surface area (Å²) in [5, 5.41) is 11.2. The third-order valence-corrected chi connectivity index (χ3v) is 6.23. The van der Waals surface area contributed by atoms with Crippen LogP contribution < -0.4 is 20.9 Å². The molecule has 5 rings (SSSR count). The van der Waals surface area contributed by atoms with Gasteiger partial charge in [-0.05, 0) is 50.6 Å². The van der Waals surface area contributed by atoms with Gasteiger partial charge >= 0.3 is 0 Å². The predicted octanol–water partition coefficient (Wildman–Crippen LogP) is 3.82. The fourth-order valence-corrected chi connectivity index (χ4v) is 4.68. The lowest BCUT2D eigenvalue weighted by Gasteiger charge is -2.37. The van der Waals surface area contributed by atoms with E-state index in [0.29, 0.717) is 12.1 Å². The Balaban J connectivity index is 1.44. The van der Waals surface area contributed by atoms with Gasteiger partial charge in [-0.2, -0.15) is 0 Å². The fraction of sp³-hybridized carbons (Fsp3) is 0.360. The first-order chi connectivity index (χ1) is 16.5. The monoisotopic (exact) mass is 457 g/mol. The second kappa shape index (κ2) is 9.26. The van der Waals surface area contributed by atoms with Crippen LogP contribution in [0.25, 0.3) is 22.2 Å². The summed E-state index contributed by atoms with van der Waals surface area (Å²) < 4.78 is 0. The van der Waals surface area contributed by atoms with Crippen molar-refractivity contribution in [3.63, 3.8) is 0 Å². The molecule has 9 heteroatoms. The summed E-state index contributed by atoms with van der Waals surface area (Å²) >= 11 is 0. The highest BCUT2D eigenvalue weighted by Gasteiger charge is 2.23. The van der Waals surface area contributed by atoms with Crippen molar-refractivity contribution in [3.05, 3.63) is 54.7 Å². The van der Waals surface area contributed by atoms with Crippen LogP contribution >= 0.6 is 0 Å². The Bertz CT molecular complexity index is 1270. The highest BCUT2D eigenvalue weighted by Crippen LogP contribution is 2.34. The molecule has 5 heterocycles. The lowest BCUT2D eigenvalue weighted by Crippen LogP contribution is -2.54. The van der Waals surface area contributed by atoms with Crippen LogP contribution in [0.3, 0.4) is 0 Å². The predicted molar refractivity (Wildman–Crippen MR) is 137 cm³/mol. The van der Waals surface area contributed by atoms with Crippen LogP contribution in [0.4, 0.5) is 17.5 Å². The Morgan fingerprint density at radius 3 is 2.71 bits per heavy atom. The van der Waals surface area contributed by atoms with Crippen molar-refractivity contribution in [3.8, 4) is 11.1 Å². The molecular weight excluding hydrogens is 426 g/mol. The molecule has 0 spiro atoms. The molecule has 3 atom stereocenters. The molecule has 0 aromatic carbocycles. The van der Waals surface area contributed by atoms with Gasteiger partial charge in [-0.3, -0.25) is 0 Å². The molecule has 176 valence electrons. The van der Waals surface area contributed by atoms with Gasteiger partial charge in [-0.25, -0.2) is 19.9 Å². The van der Waals surface area contributed by atoms with E-state index in [9.17, 15) is 0 Å². The van der Waals surface area contributed by atoms with Gasteiger partial charge in [-0.1, -0.05) is 6.07 Å². The van der Waals surface area contributed by atoms with Crippen LogP contribution in [0.1, 0.15) is 32.5 Å². The SMILES string of the molecule is CNc1cc(-c2c[nH]c3ncnc(NC(C)c4cccc(N5C[C@@H](C)N[C@@H](C)C5)n4)c23)ccn1. The van der Waals surface area contributed by atoms with Crippen LogP contribution in [0.2, 0.25) is 0 Å². The molecule has 4 aromatic rings. The lowest BCUT2D eigenvalue weighted by atomic mass is 10.1. The van der Waals surface area contributed by atoms with E-state index in [1.165, 1.54) is 0 Å². The number of nitrogens with one attached hydrogen (secondary N) is 4. The average Bonchev–Trinajstić information content (AvgIpc) is 3.29. The van der Waals surface area contributed by atoms with Crippen LogP contribution in [0, 0.1) is 0 Å². The zero-order valence-electron chi connectivity index (χ0n) is 20.0. The van der Waals surface area contributed by atoms with Crippen LogP contribution in [0.15, 0.2) is 49.1 Å². The maximum Gasteiger partial charge on any atom is 0.143 e. The number of anilines is 3. The minimum Gasteiger partial charge on any atom is -0.373 e. The summed E-state index contributed by atoms with van der Waals surface area (Å²) in [6.07, 6.45) is 5.35. The van der Waals surface area contributed by atoms with Crippen molar-refractivity contribution in [2.24, 2.45) is 0 Å². The zero-order chi connectivity index (χ0) is 23.7. The Morgan fingerprint density at radius 1 is 1.09 bits per heavy atom. The first-order valence-corrected chi connectivity index (χ1v) is 11.7. The summed E-state index contributed by atoms with van der Waals surface area (Å²) in [6, 6.07) is 11.1. The van der Waals surface area contributed by atoms with E-state index in [2.05, 4.69) is 79.8 Å². The number of nitrogens with zero attached hydrogens (tertiary/aromatic N) is 5. The molecule has 4 N–H and O–H groups in total. The molecule has 34 heavy (non-hydrogen) atoms. The number of aromatic amines is 1. The van der Waals surface area contributed by atoms with Gasteiger partial charge in [0.1, 0.15) is 29.4 Å². The maximum atomic E-state index is 5.00. The molecule has 0 amide bonds. The molecule has 0 bridgehead atoms. The van der Waals surface area contributed by atoms with Gasteiger partial charge in [0.15, 0.2) is 0 Å². The summed E-state index contributed by atoms with van der Waals surface area (Å²) in [6.45, 7) is 8.44. The van der Waals surface area contributed by atoms with Crippen molar-refractivity contribution in [2.75, 3.05) is 35.7 Å².